The van der Waals surface area contributed by atoms with Crippen molar-refractivity contribution in [1.82, 2.24) is 25.0 Å². The van der Waals surface area contributed by atoms with Gasteiger partial charge in [0.25, 0.3) is 0 Å². The van der Waals surface area contributed by atoms with Gasteiger partial charge in [-0.15, -0.1) is 11.8 Å². The highest BCUT2D eigenvalue weighted by Crippen LogP contribution is 2.42. The third kappa shape index (κ3) is 8.16. The predicted octanol–water partition coefficient (Wildman–Crippen LogP) is 5.35. The molecule has 1 unspecified atom stereocenters. The fraction of sp³-hybridized carbons (Fsp3) is 0.441. The molecule has 2 saturated heterocycles. The number of thioether (sulfide) groups is 1. The van der Waals surface area contributed by atoms with Crippen LogP contribution in [-0.4, -0.2) is 88.3 Å². The second-order valence-electron chi connectivity index (χ2n) is 12.1. The molecule has 0 aliphatic carbocycles. The van der Waals surface area contributed by atoms with Gasteiger partial charge in [-0.2, -0.15) is 0 Å². The zero-order chi connectivity index (χ0) is 30.2. The Morgan fingerprint density at radius 2 is 1.60 bits per heavy atom. The first kappa shape index (κ1) is 31.0. The Bertz CT molecular complexity index is 1270. The van der Waals surface area contributed by atoms with Gasteiger partial charge in [-0.05, 0) is 50.9 Å². The maximum absolute atomic E-state index is 13.3. The first-order chi connectivity index (χ1) is 20.8. The average Bonchev–Trinajstić information content (AvgIpc) is 3.47. The quantitative estimate of drug-likeness (QED) is 0.332. The minimum atomic E-state index is -0.656. The summed E-state index contributed by atoms with van der Waals surface area (Å²) in [6.45, 7) is 11.0. The van der Waals surface area contributed by atoms with E-state index in [1.807, 2.05) is 32.9 Å². The largest absolute Gasteiger partial charge is 0.444 e. The van der Waals surface area contributed by atoms with E-state index in [1.54, 1.807) is 29.1 Å². The van der Waals surface area contributed by atoms with Crippen molar-refractivity contribution in [3.63, 3.8) is 0 Å². The van der Waals surface area contributed by atoms with Crippen LogP contribution in [-0.2, 0) is 9.53 Å². The monoisotopic (exact) mass is 601 g/mol. The van der Waals surface area contributed by atoms with E-state index in [9.17, 15) is 9.59 Å². The van der Waals surface area contributed by atoms with Gasteiger partial charge in [0.15, 0.2) is 0 Å². The van der Waals surface area contributed by atoms with Gasteiger partial charge in [0.05, 0.1) is 6.04 Å². The third-order valence-corrected chi connectivity index (χ3v) is 9.15. The first-order valence-corrected chi connectivity index (χ1v) is 16.2. The summed E-state index contributed by atoms with van der Waals surface area (Å²) in [6, 6.07) is 24.9. The van der Waals surface area contributed by atoms with Crippen LogP contribution in [0, 0.1) is 0 Å². The minimum Gasteiger partial charge on any atom is -0.444 e. The second kappa shape index (κ2) is 14.4. The maximum Gasteiger partial charge on any atom is 0.412 e. The molecule has 9 heteroatoms. The summed E-state index contributed by atoms with van der Waals surface area (Å²) in [7, 11) is 0. The van der Waals surface area contributed by atoms with Gasteiger partial charge in [-0.3, -0.25) is 19.6 Å². The summed E-state index contributed by atoms with van der Waals surface area (Å²) in [4.78, 5) is 37.4. The summed E-state index contributed by atoms with van der Waals surface area (Å²) in [5.41, 5.74) is 2.87. The summed E-state index contributed by atoms with van der Waals surface area (Å²) < 4.78 is 5.70. The molecule has 2 aromatic carbocycles. The van der Waals surface area contributed by atoms with Crippen LogP contribution in [0.2, 0.25) is 0 Å². The summed E-state index contributed by atoms with van der Waals surface area (Å²) >= 11 is 1.57. The molecule has 0 radical (unpaired) electrons. The number of nitrogens with one attached hydrogen (secondary N) is 1. The number of carbonyl (C=O) groups is 2. The highest BCUT2D eigenvalue weighted by atomic mass is 32.2. The number of piperazine rings is 1. The van der Waals surface area contributed by atoms with Gasteiger partial charge < -0.3 is 15.0 Å². The summed E-state index contributed by atoms with van der Waals surface area (Å²) in [6.07, 6.45) is 3.83. The van der Waals surface area contributed by atoms with E-state index in [1.165, 1.54) is 11.1 Å². The number of benzene rings is 2. The Balaban J connectivity index is 1.12. The lowest BCUT2D eigenvalue weighted by Gasteiger charge is -2.40. The number of amides is 2. The third-order valence-electron chi connectivity index (χ3n) is 7.83. The highest BCUT2D eigenvalue weighted by molar-refractivity contribution is 7.99. The minimum absolute atomic E-state index is 0.136. The second-order valence-corrected chi connectivity index (χ2v) is 13.2. The Labute approximate surface area is 259 Å². The number of ether oxygens (including phenoxy) is 1. The van der Waals surface area contributed by atoms with Crippen molar-refractivity contribution in [2.75, 3.05) is 45.0 Å². The van der Waals surface area contributed by atoms with E-state index in [-0.39, 0.29) is 17.3 Å². The van der Waals surface area contributed by atoms with Crippen LogP contribution < -0.4 is 5.32 Å². The standard InChI is InChI=1S/C34H43N5O3S/c1-34(2,3)42-33(41)39-29(25-43-32(39)28-16-10-17-35-24-28)31(40)36-18-11-19-37-20-22-38(23-21-37)30(26-12-6-4-7-13-26)27-14-8-5-9-15-27/h4-10,12-17,24,29-30,32H,11,18-23,25H2,1-3H3,(H,36,40)/t29-,32?/m0/s1. The van der Waals surface area contributed by atoms with Gasteiger partial charge in [-0.25, -0.2) is 4.79 Å². The molecule has 2 aliphatic rings. The van der Waals surface area contributed by atoms with Crippen LogP contribution in [0.5, 0.6) is 0 Å². The SMILES string of the molecule is CC(C)(C)OC(=O)N1C(c2cccnc2)SC[C@H]1C(=O)NCCCN1CCN(C(c2ccccc2)c2ccccc2)CC1. The van der Waals surface area contributed by atoms with Crippen LogP contribution in [0.15, 0.2) is 85.2 Å². The van der Waals surface area contributed by atoms with E-state index in [2.05, 4.69) is 80.8 Å². The number of hydrogen-bond donors (Lipinski definition) is 1. The molecule has 8 nitrogen and oxygen atoms in total. The summed E-state index contributed by atoms with van der Waals surface area (Å²) in [5.74, 6) is 0.375. The number of pyridine rings is 1. The van der Waals surface area contributed by atoms with E-state index < -0.39 is 17.7 Å². The van der Waals surface area contributed by atoms with E-state index in [0.29, 0.717) is 12.3 Å². The topological polar surface area (TPSA) is 78.0 Å². The molecule has 2 aliphatic heterocycles. The summed E-state index contributed by atoms with van der Waals surface area (Å²) in [5, 5.41) is 2.79. The van der Waals surface area contributed by atoms with E-state index in [0.717, 1.165) is 44.7 Å². The van der Waals surface area contributed by atoms with Gasteiger partial charge in [0.2, 0.25) is 5.91 Å². The molecule has 2 fully saturated rings. The first-order valence-electron chi connectivity index (χ1n) is 15.2. The Hall–Kier alpha value is -3.40. The zero-order valence-electron chi connectivity index (χ0n) is 25.4. The molecule has 1 N–H and O–H groups in total. The van der Waals surface area contributed by atoms with Crippen LogP contribution in [0.4, 0.5) is 4.79 Å². The Morgan fingerprint density at radius 1 is 0.953 bits per heavy atom. The number of hydrogen-bond acceptors (Lipinski definition) is 7. The molecule has 0 bridgehead atoms. The molecule has 1 aromatic heterocycles. The number of nitrogens with zero attached hydrogens (tertiary/aromatic N) is 4. The van der Waals surface area contributed by atoms with Crippen LogP contribution in [0.25, 0.3) is 0 Å². The fourth-order valence-electron chi connectivity index (χ4n) is 5.79. The lowest BCUT2D eigenvalue weighted by Crippen LogP contribution is -2.50. The van der Waals surface area contributed by atoms with Gasteiger partial charge in [0.1, 0.15) is 17.0 Å². The molecule has 3 heterocycles. The molecule has 2 atom stereocenters. The normalized spacial score (nSPS) is 19.9. The molecule has 228 valence electrons. The van der Waals surface area contributed by atoms with Crippen molar-refractivity contribution >= 4 is 23.8 Å². The molecule has 5 rings (SSSR count). The zero-order valence-corrected chi connectivity index (χ0v) is 26.2. The van der Waals surface area contributed by atoms with Crippen molar-refractivity contribution in [2.45, 2.75) is 50.3 Å². The molecular weight excluding hydrogens is 558 g/mol. The van der Waals surface area contributed by atoms with Crippen molar-refractivity contribution in [3.8, 4) is 0 Å². The lowest BCUT2D eigenvalue weighted by atomic mass is 9.96. The maximum atomic E-state index is 13.3. The number of aromatic nitrogens is 1. The smallest absolute Gasteiger partial charge is 0.412 e. The van der Waals surface area contributed by atoms with E-state index >= 15 is 0 Å². The van der Waals surface area contributed by atoms with Crippen LogP contribution in [0.3, 0.4) is 0 Å². The van der Waals surface area contributed by atoms with Crippen molar-refractivity contribution < 1.29 is 14.3 Å². The molecule has 2 amide bonds. The van der Waals surface area contributed by atoms with Crippen LogP contribution in [0.1, 0.15) is 55.3 Å². The number of rotatable bonds is 9. The number of carbonyl (C=O) groups excluding carboxylic acids is 2. The lowest BCUT2D eigenvalue weighted by molar-refractivity contribution is -0.125. The van der Waals surface area contributed by atoms with Crippen molar-refractivity contribution in [2.24, 2.45) is 0 Å². The Morgan fingerprint density at radius 3 is 2.19 bits per heavy atom. The highest BCUT2D eigenvalue weighted by Gasteiger charge is 2.44. The van der Waals surface area contributed by atoms with Gasteiger partial charge in [0, 0.05) is 56.4 Å². The van der Waals surface area contributed by atoms with Crippen molar-refractivity contribution in [1.29, 1.82) is 0 Å². The predicted molar refractivity (Wildman–Crippen MR) is 172 cm³/mol. The molecular formula is C34H43N5O3S. The Kier molecular flexibility index (Phi) is 10.4. The fourth-order valence-corrected chi connectivity index (χ4v) is 7.19. The van der Waals surface area contributed by atoms with Gasteiger partial charge >= 0.3 is 6.09 Å². The molecule has 3 aromatic rings. The average molecular weight is 602 g/mol. The molecule has 43 heavy (non-hydrogen) atoms. The van der Waals surface area contributed by atoms with Crippen molar-refractivity contribution in [3.05, 3.63) is 102 Å². The molecule has 0 spiro atoms. The van der Waals surface area contributed by atoms with E-state index in [4.69, 9.17) is 4.74 Å². The van der Waals surface area contributed by atoms with Crippen LogP contribution >= 0.6 is 11.8 Å². The molecule has 0 saturated carbocycles. The van der Waals surface area contributed by atoms with Gasteiger partial charge in [-0.1, -0.05) is 66.7 Å².